The number of hydrogen-bond acceptors (Lipinski definition) is 4. The predicted octanol–water partition coefficient (Wildman–Crippen LogP) is 3.74. The van der Waals surface area contributed by atoms with Crippen molar-refractivity contribution in [3.8, 4) is 5.75 Å². The normalized spacial score (nSPS) is 10.7. The third-order valence-electron chi connectivity index (χ3n) is 2.98. The highest BCUT2D eigenvalue weighted by Crippen LogP contribution is 2.28. The zero-order valence-corrected chi connectivity index (χ0v) is 13.3. The molecular weight excluding hydrogens is 352 g/mol. The lowest BCUT2D eigenvalue weighted by atomic mass is 10.2. The number of halogens is 1. The number of pyridine rings is 1. The zero-order valence-electron chi connectivity index (χ0n) is 10.9. The average Bonchev–Trinajstić information content (AvgIpc) is 2.91. The Labute approximate surface area is 133 Å². The monoisotopic (exact) mass is 362 g/mol. The molecule has 0 atom stereocenters. The third kappa shape index (κ3) is 3.06. The maximum absolute atomic E-state index is 11.3. The summed E-state index contributed by atoms with van der Waals surface area (Å²) in [5.74, 6) is 0.358. The molecule has 1 aromatic carbocycles. The molecule has 0 saturated heterocycles. The van der Waals surface area contributed by atoms with Crippen LogP contribution in [0.4, 0.5) is 0 Å². The molecule has 3 rings (SSSR count). The first-order valence-electron chi connectivity index (χ1n) is 6.18. The van der Waals surface area contributed by atoms with Crippen LogP contribution in [0.1, 0.15) is 15.2 Å². The van der Waals surface area contributed by atoms with Gasteiger partial charge in [0.25, 0.3) is 5.91 Å². The Morgan fingerprint density at radius 2 is 2.05 bits per heavy atom. The van der Waals surface area contributed by atoms with E-state index < -0.39 is 5.91 Å². The molecule has 0 unspecified atom stereocenters. The zero-order chi connectivity index (χ0) is 14.8. The molecule has 0 fully saturated rings. The summed E-state index contributed by atoms with van der Waals surface area (Å²) < 4.78 is 7.69. The van der Waals surface area contributed by atoms with Crippen molar-refractivity contribution in [1.29, 1.82) is 0 Å². The Morgan fingerprint density at radius 1 is 1.29 bits per heavy atom. The average molecular weight is 363 g/mol. The number of thiophene rings is 1. The highest BCUT2D eigenvalue weighted by Gasteiger charge is 2.10. The van der Waals surface area contributed by atoms with Crippen LogP contribution in [0.5, 0.6) is 5.75 Å². The van der Waals surface area contributed by atoms with Gasteiger partial charge in [0.15, 0.2) is 0 Å². The lowest BCUT2D eigenvalue weighted by Crippen LogP contribution is -2.08. The minimum Gasteiger partial charge on any atom is -0.489 e. The van der Waals surface area contributed by atoms with Gasteiger partial charge in [-0.15, -0.1) is 11.3 Å². The van der Waals surface area contributed by atoms with Gasteiger partial charge in [-0.05, 0) is 30.3 Å². The number of nitrogens with two attached hydrogens (primary N) is 1. The minimum absolute atomic E-state index is 0.390. The second-order valence-electron chi connectivity index (χ2n) is 4.43. The number of aromatic nitrogens is 1. The standard InChI is InChI=1S/C15H11BrN2O2S/c16-10-1-3-11(4-2-10)20-8-9-6-18-7-14-12(9)5-13(21-14)15(17)19/h1-7H,8H2,(H2,17,19). The van der Waals surface area contributed by atoms with Crippen LogP contribution in [-0.2, 0) is 6.61 Å². The molecule has 0 bridgehead atoms. The second-order valence-corrected chi connectivity index (χ2v) is 6.43. The van der Waals surface area contributed by atoms with Gasteiger partial charge < -0.3 is 10.5 Å². The van der Waals surface area contributed by atoms with Gasteiger partial charge in [0.2, 0.25) is 0 Å². The highest BCUT2D eigenvalue weighted by atomic mass is 79.9. The molecule has 0 spiro atoms. The first-order valence-corrected chi connectivity index (χ1v) is 7.79. The molecule has 106 valence electrons. The summed E-state index contributed by atoms with van der Waals surface area (Å²) in [7, 11) is 0. The van der Waals surface area contributed by atoms with Crippen molar-refractivity contribution in [3.05, 3.63) is 57.6 Å². The lowest BCUT2D eigenvalue weighted by molar-refractivity contribution is 0.100. The van der Waals surface area contributed by atoms with Gasteiger partial charge in [-0.25, -0.2) is 0 Å². The Morgan fingerprint density at radius 3 is 2.76 bits per heavy atom. The van der Waals surface area contributed by atoms with Crippen LogP contribution < -0.4 is 10.5 Å². The Balaban J connectivity index is 1.86. The number of ether oxygens (including phenoxy) is 1. The van der Waals surface area contributed by atoms with Gasteiger partial charge >= 0.3 is 0 Å². The Hall–Kier alpha value is -1.92. The third-order valence-corrected chi connectivity index (χ3v) is 4.59. The highest BCUT2D eigenvalue weighted by molar-refractivity contribution is 9.10. The number of primary amides is 1. The fraction of sp³-hybridized carbons (Fsp3) is 0.0667. The molecule has 1 amide bonds. The quantitative estimate of drug-likeness (QED) is 0.768. The summed E-state index contributed by atoms with van der Waals surface area (Å²) in [6.07, 6.45) is 3.48. The van der Waals surface area contributed by atoms with Gasteiger partial charge in [-0.2, -0.15) is 0 Å². The second kappa shape index (κ2) is 5.83. The first-order chi connectivity index (χ1) is 10.1. The fourth-order valence-corrected chi connectivity index (χ4v) is 3.14. The minimum atomic E-state index is -0.420. The summed E-state index contributed by atoms with van der Waals surface area (Å²) in [6, 6.07) is 9.42. The van der Waals surface area contributed by atoms with Crippen LogP contribution in [0, 0.1) is 0 Å². The van der Waals surface area contributed by atoms with E-state index in [1.165, 1.54) is 11.3 Å². The van der Waals surface area contributed by atoms with E-state index in [1.807, 2.05) is 24.3 Å². The number of rotatable bonds is 4. The van der Waals surface area contributed by atoms with Gasteiger partial charge in [0.1, 0.15) is 12.4 Å². The van der Waals surface area contributed by atoms with Crippen molar-refractivity contribution in [2.24, 2.45) is 5.73 Å². The van der Waals surface area contributed by atoms with Crippen LogP contribution in [0.15, 0.2) is 47.2 Å². The molecule has 2 aromatic heterocycles. The number of benzene rings is 1. The molecule has 4 nitrogen and oxygen atoms in total. The Bertz CT molecular complexity index is 799. The van der Waals surface area contributed by atoms with Crippen molar-refractivity contribution < 1.29 is 9.53 Å². The van der Waals surface area contributed by atoms with Gasteiger partial charge in [-0.3, -0.25) is 9.78 Å². The van der Waals surface area contributed by atoms with Crippen LogP contribution in [-0.4, -0.2) is 10.9 Å². The molecule has 0 aliphatic heterocycles. The van der Waals surface area contributed by atoms with E-state index in [-0.39, 0.29) is 0 Å². The van der Waals surface area contributed by atoms with E-state index in [0.29, 0.717) is 11.5 Å². The number of nitrogens with zero attached hydrogens (tertiary/aromatic N) is 1. The summed E-state index contributed by atoms with van der Waals surface area (Å²) in [5.41, 5.74) is 6.25. The Kier molecular flexibility index (Phi) is 3.90. The summed E-state index contributed by atoms with van der Waals surface area (Å²) in [6.45, 7) is 0.390. The number of amides is 1. The van der Waals surface area contributed by atoms with E-state index in [0.717, 1.165) is 25.9 Å². The summed E-state index contributed by atoms with van der Waals surface area (Å²) in [4.78, 5) is 16.0. The molecule has 3 aromatic rings. The van der Waals surface area contributed by atoms with Gasteiger partial charge in [0, 0.05) is 27.8 Å². The smallest absolute Gasteiger partial charge is 0.258 e. The molecule has 0 radical (unpaired) electrons. The molecular formula is C15H11BrN2O2S. The van der Waals surface area contributed by atoms with Crippen molar-refractivity contribution in [3.63, 3.8) is 0 Å². The fourth-order valence-electron chi connectivity index (χ4n) is 1.94. The summed E-state index contributed by atoms with van der Waals surface area (Å²) in [5, 5.41) is 0.959. The molecule has 2 N–H and O–H groups in total. The SMILES string of the molecule is NC(=O)c1cc2c(COc3ccc(Br)cc3)cncc2s1. The predicted molar refractivity (Wildman–Crippen MR) is 86.6 cm³/mol. The van der Waals surface area contributed by atoms with E-state index in [4.69, 9.17) is 10.5 Å². The lowest BCUT2D eigenvalue weighted by Gasteiger charge is -2.07. The van der Waals surface area contributed by atoms with Crippen LogP contribution in [0.2, 0.25) is 0 Å². The largest absolute Gasteiger partial charge is 0.489 e. The topological polar surface area (TPSA) is 65.2 Å². The summed E-state index contributed by atoms with van der Waals surface area (Å²) >= 11 is 4.73. The molecule has 2 heterocycles. The molecule has 6 heteroatoms. The molecule has 0 saturated carbocycles. The van der Waals surface area contributed by atoms with E-state index in [9.17, 15) is 4.79 Å². The maximum atomic E-state index is 11.3. The van der Waals surface area contributed by atoms with Crippen LogP contribution in [0.25, 0.3) is 10.1 Å². The molecule has 21 heavy (non-hydrogen) atoms. The molecule has 0 aliphatic rings. The van der Waals surface area contributed by atoms with E-state index >= 15 is 0 Å². The van der Waals surface area contributed by atoms with Crippen molar-refractivity contribution in [2.75, 3.05) is 0 Å². The van der Waals surface area contributed by atoms with Crippen molar-refractivity contribution >= 4 is 43.3 Å². The van der Waals surface area contributed by atoms with E-state index in [1.54, 1.807) is 18.5 Å². The van der Waals surface area contributed by atoms with Crippen LogP contribution >= 0.6 is 27.3 Å². The molecule has 0 aliphatic carbocycles. The van der Waals surface area contributed by atoms with Crippen LogP contribution in [0.3, 0.4) is 0 Å². The number of hydrogen-bond donors (Lipinski definition) is 1. The number of carbonyl (C=O) groups is 1. The first kappa shape index (κ1) is 14.0. The van der Waals surface area contributed by atoms with Crippen molar-refractivity contribution in [1.82, 2.24) is 4.98 Å². The van der Waals surface area contributed by atoms with Gasteiger partial charge in [-0.1, -0.05) is 15.9 Å². The number of fused-ring (bicyclic) bond motifs is 1. The number of carbonyl (C=O) groups excluding carboxylic acids is 1. The van der Waals surface area contributed by atoms with Crippen molar-refractivity contribution in [2.45, 2.75) is 6.61 Å². The van der Waals surface area contributed by atoms with Gasteiger partial charge in [0.05, 0.1) is 9.58 Å². The maximum Gasteiger partial charge on any atom is 0.258 e. The van der Waals surface area contributed by atoms with E-state index in [2.05, 4.69) is 20.9 Å².